The zero-order valence-electron chi connectivity index (χ0n) is 28.5. The van der Waals surface area contributed by atoms with Crippen LogP contribution in [0.5, 0.6) is 0 Å². The highest BCUT2D eigenvalue weighted by Crippen LogP contribution is 2.51. The van der Waals surface area contributed by atoms with Crippen molar-refractivity contribution in [3.63, 3.8) is 0 Å². The van der Waals surface area contributed by atoms with E-state index < -0.39 is 0 Å². The molecule has 10 rings (SSSR count). The van der Waals surface area contributed by atoms with Gasteiger partial charge < -0.3 is 9.80 Å². The summed E-state index contributed by atoms with van der Waals surface area (Å²) < 4.78 is 1.37. The van der Waals surface area contributed by atoms with Crippen molar-refractivity contribution in [2.45, 2.75) is 38.5 Å². The molecule has 0 amide bonds. The lowest BCUT2D eigenvalue weighted by Gasteiger charge is -2.28. The molecule has 0 N–H and O–H groups in total. The molecule has 242 valence electrons. The zero-order valence-corrected chi connectivity index (χ0v) is 29.3. The van der Waals surface area contributed by atoms with E-state index in [1.54, 1.807) is 0 Å². The third-order valence-electron chi connectivity index (χ3n) is 11.2. The predicted molar refractivity (Wildman–Crippen MR) is 214 cm³/mol. The van der Waals surface area contributed by atoms with Crippen LogP contribution in [0.3, 0.4) is 0 Å². The van der Waals surface area contributed by atoms with Crippen LogP contribution in [0.15, 0.2) is 140 Å². The highest BCUT2D eigenvalue weighted by atomic mass is 32.1. The Labute approximate surface area is 298 Å². The van der Waals surface area contributed by atoms with E-state index in [0.717, 1.165) is 31.5 Å². The predicted octanol–water partition coefficient (Wildman–Crippen LogP) is 13.0. The molecule has 2 aliphatic carbocycles. The molecule has 3 heteroatoms. The minimum atomic E-state index is -0.0675. The maximum atomic E-state index is 2.45. The molecular weight excluding hydrogens is 625 g/mol. The van der Waals surface area contributed by atoms with Crippen molar-refractivity contribution in [2.75, 3.05) is 16.3 Å². The quantitative estimate of drug-likeness (QED) is 0.181. The van der Waals surface area contributed by atoms with Crippen molar-refractivity contribution in [3.8, 4) is 22.3 Å². The SMILES string of the molecule is CC1(C)c2ccccc2-c2ccc(N(c3ccc(-c4ccc(N5CCc6ccccc65)cc4)cc3)c3ccc4sc5c(c4c3)C=CCC5)cc21. The van der Waals surface area contributed by atoms with Crippen LogP contribution in [0, 0.1) is 0 Å². The van der Waals surface area contributed by atoms with Gasteiger partial charge in [-0.25, -0.2) is 0 Å². The lowest BCUT2D eigenvalue weighted by Crippen LogP contribution is -2.16. The summed E-state index contributed by atoms with van der Waals surface area (Å²) in [7, 11) is 0. The van der Waals surface area contributed by atoms with Crippen LogP contribution in [-0.2, 0) is 18.3 Å². The topological polar surface area (TPSA) is 6.48 Å². The minimum Gasteiger partial charge on any atom is -0.341 e. The first-order chi connectivity index (χ1) is 24.5. The average molecular weight is 663 g/mol. The number of allylic oxidation sites excluding steroid dienone is 1. The molecule has 2 heterocycles. The van der Waals surface area contributed by atoms with Gasteiger partial charge in [0.25, 0.3) is 0 Å². The Morgan fingerprint density at radius 3 is 2.20 bits per heavy atom. The Morgan fingerprint density at radius 2 is 1.34 bits per heavy atom. The fourth-order valence-corrected chi connectivity index (χ4v) is 9.79. The largest absolute Gasteiger partial charge is 0.341 e. The molecule has 3 aliphatic rings. The molecule has 1 aromatic heterocycles. The van der Waals surface area contributed by atoms with Gasteiger partial charge in [-0.1, -0.05) is 98.8 Å². The van der Waals surface area contributed by atoms with E-state index in [1.165, 1.54) is 82.2 Å². The Hall–Kier alpha value is -5.38. The molecule has 0 bridgehead atoms. The van der Waals surface area contributed by atoms with Crippen molar-refractivity contribution >= 4 is 55.9 Å². The number of hydrogen-bond donors (Lipinski definition) is 0. The molecule has 0 atom stereocenters. The number of rotatable bonds is 5. The van der Waals surface area contributed by atoms with Crippen LogP contribution in [0.25, 0.3) is 38.4 Å². The summed E-state index contributed by atoms with van der Waals surface area (Å²) >= 11 is 1.95. The highest BCUT2D eigenvalue weighted by Gasteiger charge is 2.35. The standard InChI is InChI=1S/C47H38N2S/c1-47(2)42-12-6-4-10-38(42)39-25-23-37(30-43(39)47)49(36-24-26-46-41(29-36)40-11-5-8-14-45(40)50-46)35-21-17-32(18-22-35)31-15-19-34(20-16-31)48-28-27-33-9-3-7-13-44(33)48/h3-7,9-13,15-26,29-30H,8,14,27-28H2,1-2H3. The second kappa shape index (κ2) is 11.3. The molecule has 1 aliphatic heterocycles. The molecule has 0 fully saturated rings. The van der Waals surface area contributed by atoms with Crippen molar-refractivity contribution in [1.29, 1.82) is 0 Å². The lowest BCUT2D eigenvalue weighted by atomic mass is 9.82. The second-order valence-corrected chi connectivity index (χ2v) is 15.6. The molecule has 2 nitrogen and oxygen atoms in total. The number of anilines is 5. The lowest BCUT2D eigenvalue weighted by molar-refractivity contribution is 0.660. The third-order valence-corrected chi connectivity index (χ3v) is 12.5. The molecular formula is C47H38N2S. The van der Waals surface area contributed by atoms with Crippen LogP contribution in [0.4, 0.5) is 28.4 Å². The average Bonchev–Trinajstić information content (AvgIpc) is 3.83. The van der Waals surface area contributed by atoms with Gasteiger partial charge in [-0.2, -0.15) is 0 Å². The van der Waals surface area contributed by atoms with E-state index in [-0.39, 0.29) is 5.41 Å². The van der Waals surface area contributed by atoms with Gasteiger partial charge in [0.2, 0.25) is 0 Å². The molecule has 0 unspecified atom stereocenters. The van der Waals surface area contributed by atoms with Gasteiger partial charge in [0.05, 0.1) is 0 Å². The monoisotopic (exact) mass is 662 g/mol. The molecule has 0 radical (unpaired) electrons. The number of fused-ring (bicyclic) bond motifs is 7. The van der Waals surface area contributed by atoms with E-state index in [2.05, 4.69) is 169 Å². The summed E-state index contributed by atoms with van der Waals surface area (Å²) in [6, 6.07) is 50.0. The van der Waals surface area contributed by atoms with Crippen LogP contribution in [0.1, 0.15) is 47.4 Å². The summed E-state index contributed by atoms with van der Waals surface area (Å²) in [6.45, 7) is 5.76. The van der Waals surface area contributed by atoms with Crippen molar-refractivity contribution in [1.82, 2.24) is 0 Å². The van der Waals surface area contributed by atoms with Crippen molar-refractivity contribution < 1.29 is 0 Å². The Morgan fingerprint density at radius 1 is 0.640 bits per heavy atom. The normalized spacial score (nSPS) is 15.1. The summed E-state index contributed by atoms with van der Waals surface area (Å²) in [5.41, 5.74) is 16.8. The Bertz CT molecular complexity index is 2460. The van der Waals surface area contributed by atoms with Crippen LogP contribution >= 0.6 is 11.3 Å². The van der Waals surface area contributed by atoms with Crippen LogP contribution < -0.4 is 9.80 Å². The fraction of sp³-hybridized carbons (Fsp3) is 0.149. The molecule has 0 saturated carbocycles. The number of nitrogens with zero attached hydrogens (tertiary/aromatic N) is 2. The number of para-hydroxylation sites is 1. The molecule has 7 aromatic rings. The first-order valence-corrected chi connectivity index (χ1v) is 18.7. The maximum absolute atomic E-state index is 2.45. The van der Waals surface area contributed by atoms with Gasteiger partial charge >= 0.3 is 0 Å². The summed E-state index contributed by atoms with van der Waals surface area (Å²) in [4.78, 5) is 6.40. The number of benzene rings is 6. The summed E-state index contributed by atoms with van der Waals surface area (Å²) in [5, 5.41) is 1.36. The Balaban J connectivity index is 1.04. The summed E-state index contributed by atoms with van der Waals surface area (Å²) in [5.74, 6) is 0. The fourth-order valence-electron chi connectivity index (χ4n) is 8.60. The minimum absolute atomic E-state index is 0.0675. The van der Waals surface area contributed by atoms with Crippen molar-refractivity contribution in [3.05, 3.63) is 167 Å². The van der Waals surface area contributed by atoms with Crippen molar-refractivity contribution in [2.24, 2.45) is 0 Å². The van der Waals surface area contributed by atoms with Gasteiger partial charge in [-0.3, -0.25) is 0 Å². The van der Waals surface area contributed by atoms with Gasteiger partial charge in [0.15, 0.2) is 0 Å². The first kappa shape index (κ1) is 29.5. The molecule has 0 spiro atoms. The number of thiophene rings is 1. The molecule has 6 aromatic carbocycles. The number of aryl methyl sites for hydroxylation is 1. The highest BCUT2D eigenvalue weighted by molar-refractivity contribution is 7.19. The van der Waals surface area contributed by atoms with E-state index in [1.807, 2.05) is 11.3 Å². The smallest absolute Gasteiger partial charge is 0.0468 e. The maximum Gasteiger partial charge on any atom is 0.0468 e. The Kier molecular flexibility index (Phi) is 6.69. The van der Waals surface area contributed by atoms with Crippen LogP contribution in [0.2, 0.25) is 0 Å². The van der Waals surface area contributed by atoms with Gasteiger partial charge in [-0.15, -0.1) is 11.3 Å². The first-order valence-electron chi connectivity index (χ1n) is 17.9. The summed E-state index contributed by atoms with van der Waals surface area (Å²) in [6.07, 6.45) is 8.03. The zero-order chi connectivity index (χ0) is 33.4. The molecule has 50 heavy (non-hydrogen) atoms. The van der Waals surface area contributed by atoms with Gasteiger partial charge in [0, 0.05) is 55.4 Å². The van der Waals surface area contributed by atoms with E-state index in [4.69, 9.17) is 0 Å². The van der Waals surface area contributed by atoms with Crippen LogP contribution in [-0.4, -0.2) is 6.54 Å². The number of hydrogen-bond acceptors (Lipinski definition) is 3. The molecule has 0 saturated heterocycles. The second-order valence-electron chi connectivity index (χ2n) is 14.4. The third kappa shape index (κ3) is 4.60. The van der Waals surface area contributed by atoms with E-state index in [0.29, 0.717) is 0 Å². The van der Waals surface area contributed by atoms with E-state index in [9.17, 15) is 0 Å². The van der Waals surface area contributed by atoms with Gasteiger partial charge in [0.1, 0.15) is 0 Å². The van der Waals surface area contributed by atoms with Gasteiger partial charge in [-0.05, 0) is 124 Å². The van der Waals surface area contributed by atoms with E-state index >= 15 is 0 Å².